The molecular weight excluding hydrogens is 248 g/mol. The van der Waals surface area contributed by atoms with Gasteiger partial charge in [0.25, 0.3) is 0 Å². The number of hydrogen-bond acceptors (Lipinski definition) is 3. The molecule has 0 bridgehead atoms. The summed E-state index contributed by atoms with van der Waals surface area (Å²) in [4.78, 5) is 11.5. The number of thioether (sulfide) groups is 1. The lowest BCUT2D eigenvalue weighted by atomic mass is 9.73. The van der Waals surface area contributed by atoms with E-state index in [9.17, 15) is 9.90 Å². The van der Waals surface area contributed by atoms with Crippen LogP contribution in [-0.4, -0.2) is 34.8 Å². The van der Waals surface area contributed by atoms with Crippen LogP contribution < -0.4 is 0 Å². The van der Waals surface area contributed by atoms with Crippen LogP contribution in [0, 0.1) is 11.3 Å². The van der Waals surface area contributed by atoms with Crippen molar-refractivity contribution in [3.63, 3.8) is 0 Å². The molecule has 0 spiro atoms. The predicted molar refractivity (Wildman–Crippen MR) is 78.2 cm³/mol. The van der Waals surface area contributed by atoms with Crippen molar-refractivity contribution in [2.24, 2.45) is 11.3 Å². The Morgan fingerprint density at radius 2 is 1.89 bits per heavy atom. The van der Waals surface area contributed by atoms with Crippen LogP contribution in [0.15, 0.2) is 0 Å². The minimum Gasteiger partial charge on any atom is -0.481 e. The molecule has 0 aliphatic heterocycles. The van der Waals surface area contributed by atoms with E-state index in [2.05, 4.69) is 13.8 Å². The lowest BCUT2D eigenvalue weighted by molar-refractivity contribution is -0.151. The van der Waals surface area contributed by atoms with Gasteiger partial charge in [-0.25, -0.2) is 0 Å². The molecule has 0 aromatic rings. The average Bonchev–Trinajstić information content (AvgIpc) is 2.23. The number of ether oxygens (including phenoxy) is 1. The number of carboxylic acids is 1. The first kappa shape index (κ1) is 17.8. The van der Waals surface area contributed by atoms with Crippen LogP contribution in [0.2, 0.25) is 0 Å². The molecule has 0 heterocycles. The van der Waals surface area contributed by atoms with E-state index >= 15 is 0 Å². The third-order valence-electron chi connectivity index (χ3n) is 3.48. The smallest absolute Gasteiger partial charge is 0.309 e. The first-order valence-corrected chi connectivity index (χ1v) is 7.59. The third-order valence-corrected chi connectivity index (χ3v) is 4.78. The van der Waals surface area contributed by atoms with Crippen LogP contribution in [0.25, 0.3) is 0 Å². The number of aliphatic carboxylic acids is 1. The van der Waals surface area contributed by atoms with Gasteiger partial charge in [0.1, 0.15) is 0 Å². The van der Waals surface area contributed by atoms with Crippen molar-refractivity contribution in [1.29, 1.82) is 0 Å². The Labute approximate surface area is 116 Å². The van der Waals surface area contributed by atoms with E-state index in [1.54, 1.807) is 11.8 Å². The maximum Gasteiger partial charge on any atom is 0.309 e. The van der Waals surface area contributed by atoms with Crippen molar-refractivity contribution in [2.45, 2.75) is 52.7 Å². The second-order valence-electron chi connectivity index (χ2n) is 5.86. The molecule has 18 heavy (non-hydrogen) atoms. The van der Waals surface area contributed by atoms with E-state index in [0.29, 0.717) is 6.42 Å². The van der Waals surface area contributed by atoms with E-state index in [1.165, 1.54) is 0 Å². The quantitative estimate of drug-likeness (QED) is 0.653. The second kappa shape index (κ2) is 7.39. The lowest BCUT2D eigenvalue weighted by Gasteiger charge is -2.37. The number of carboxylic acid groups (broad SMARTS) is 1. The van der Waals surface area contributed by atoms with Crippen molar-refractivity contribution in [2.75, 3.05) is 19.0 Å². The fraction of sp³-hybridized carbons (Fsp3) is 0.929. The molecule has 0 aliphatic rings. The molecule has 0 amide bonds. The van der Waals surface area contributed by atoms with Gasteiger partial charge in [-0.15, -0.1) is 0 Å². The summed E-state index contributed by atoms with van der Waals surface area (Å²) in [5, 5.41) is 9.44. The van der Waals surface area contributed by atoms with Crippen LogP contribution >= 0.6 is 11.8 Å². The molecule has 108 valence electrons. The summed E-state index contributed by atoms with van der Waals surface area (Å²) in [6.45, 7) is 13.5. The minimum absolute atomic E-state index is 0.0471. The van der Waals surface area contributed by atoms with Gasteiger partial charge in [0.15, 0.2) is 0 Å². The zero-order valence-corrected chi connectivity index (χ0v) is 13.4. The maximum atomic E-state index is 11.5. The molecule has 3 nitrogen and oxygen atoms in total. The summed E-state index contributed by atoms with van der Waals surface area (Å²) in [5.41, 5.74) is -0.665. The van der Waals surface area contributed by atoms with E-state index in [-0.39, 0.29) is 10.7 Å². The summed E-state index contributed by atoms with van der Waals surface area (Å²) in [7, 11) is 0. The molecular formula is C14H28O3S. The van der Waals surface area contributed by atoms with Gasteiger partial charge in [-0.05, 0) is 26.2 Å². The molecule has 0 fully saturated rings. The Bertz CT molecular complexity index is 264. The van der Waals surface area contributed by atoms with Gasteiger partial charge in [0.05, 0.1) is 12.0 Å². The molecule has 0 saturated heterocycles. The largest absolute Gasteiger partial charge is 0.481 e. The van der Waals surface area contributed by atoms with Gasteiger partial charge in [-0.1, -0.05) is 27.7 Å². The highest BCUT2D eigenvalue weighted by atomic mass is 32.2. The second-order valence-corrected chi connectivity index (χ2v) is 7.66. The van der Waals surface area contributed by atoms with Crippen LogP contribution in [-0.2, 0) is 9.53 Å². The molecule has 1 atom stereocenters. The molecule has 4 heteroatoms. The fourth-order valence-corrected chi connectivity index (χ4v) is 3.14. The van der Waals surface area contributed by atoms with Gasteiger partial charge in [0, 0.05) is 17.1 Å². The zero-order valence-electron chi connectivity index (χ0n) is 12.6. The van der Waals surface area contributed by atoms with Crippen molar-refractivity contribution >= 4 is 17.7 Å². The fourth-order valence-electron chi connectivity index (χ4n) is 1.98. The summed E-state index contributed by atoms with van der Waals surface area (Å²) in [5.74, 6) is 0.340. The SMILES string of the molecule is CCOCCSC(C)(C)CC(C)(C(=O)O)C(C)C. The summed E-state index contributed by atoms with van der Waals surface area (Å²) < 4.78 is 5.27. The zero-order chi connectivity index (χ0) is 14.4. The van der Waals surface area contributed by atoms with Crippen molar-refractivity contribution < 1.29 is 14.6 Å². The van der Waals surface area contributed by atoms with E-state index in [1.807, 2.05) is 27.7 Å². The summed E-state index contributed by atoms with van der Waals surface area (Å²) in [6, 6.07) is 0. The first-order chi connectivity index (χ1) is 8.15. The van der Waals surface area contributed by atoms with Crippen molar-refractivity contribution in [3.05, 3.63) is 0 Å². The van der Waals surface area contributed by atoms with E-state index < -0.39 is 11.4 Å². The molecule has 0 aromatic heterocycles. The Morgan fingerprint density at radius 1 is 1.33 bits per heavy atom. The Kier molecular flexibility index (Phi) is 7.30. The van der Waals surface area contributed by atoms with Crippen LogP contribution in [0.4, 0.5) is 0 Å². The van der Waals surface area contributed by atoms with Crippen molar-refractivity contribution in [3.8, 4) is 0 Å². The molecule has 0 rings (SSSR count). The Hall–Kier alpha value is -0.220. The highest BCUT2D eigenvalue weighted by molar-refractivity contribution is 8.00. The van der Waals surface area contributed by atoms with Crippen LogP contribution in [0.5, 0.6) is 0 Å². The van der Waals surface area contributed by atoms with Crippen molar-refractivity contribution in [1.82, 2.24) is 0 Å². The highest BCUT2D eigenvalue weighted by Crippen LogP contribution is 2.41. The highest BCUT2D eigenvalue weighted by Gasteiger charge is 2.41. The van der Waals surface area contributed by atoms with Gasteiger partial charge in [-0.2, -0.15) is 11.8 Å². The molecule has 0 saturated carbocycles. The van der Waals surface area contributed by atoms with Crippen LogP contribution in [0.1, 0.15) is 48.0 Å². The van der Waals surface area contributed by atoms with Gasteiger partial charge >= 0.3 is 5.97 Å². The molecule has 0 radical (unpaired) electrons. The van der Waals surface area contributed by atoms with Gasteiger partial charge in [0.2, 0.25) is 0 Å². The average molecular weight is 276 g/mol. The van der Waals surface area contributed by atoms with E-state index in [0.717, 1.165) is 19.0 Å². The number of carbonyl (C=O) groups is 1. The lowest BCUT2D eigenvalue weighted by Crippen LogP contribution is -2.39. The first-order valence-electron chi connectivity index (χ1n) is 6.61. The van der Waals surface area contributed by atoms with Gasteiger partial charge in [-0.3, -0.25) is 4.79 Å². The number of rotatable bonds is 9. The van der Waals surface area contributed by atoms with Crippen LogP contribution in [0.3, 0.4) is 0 Å². The van der Waals surface area contributed by atoms with E-state index in [4.69, 9.17) is 4.74 Å². The predicted octanol–water partition coefficient (Wildman–Crippen LogP) is 3.67. The monoisotopic (exact) mass is 276 g/mol. The molecule has 1 unspecified atom stereocenters. The summed E-state index contributed by atoms with van der Waals surface area (Å²) in [6.07, 6.45) is 0.670. The van der Waals surface area contributed by atoms with Gasteiger partial charge < -0.3 is 9.84 Å². The number of hydrogen-bond donors (Lipinski definition) is 1. The molecule has 0 aliphatic carbocycles. The minimum atomic E-state index is -0.698. The molecule has 1 N–H and O–H groups in total. The third kappa shape index (κ3) is 5.61. The maximum absolute atomic E-state index is 11.5. The topological polar surface area (TPSA) is 46.5 Å². The Morgan fingerprint density at radius 3 is 2.28 bits per heavy atom. The normalized spacial score (nSPS) is 15.7. The standard InChI is InChI=1S/C14H28O3S/c1-7-17-8-9-18-13(4,5)10-14(6,11(2)3)12(15)16/h11H,7-10H2,1-6H3,(H,15,16). The Balaban J connectivity index is 4.47. The summed E-state index contributed by atoms with van der Waals surface area (Å²) >= 11 is 1.79. The molecule has 0 aromatic carbocycles.